The number of amides is 1. The van der Waals surface area contributed by atoms with Gasteiger partial charge >= 0.3 is 0 Å². The van der Waals surface area contributed by atoms with Gasteiger partial charge in [-0.25, -0.2) is 0 Å². The Labute approximate surface area is 117 Å². The van der Waals surface area contributed by atoms with Crippen LogP contribution in [0.15, 0.2) is 36.5 Å². The van der Waals surface area contributed by atoms with Gasteiger partial charge in [0.15, 0.2) is 0 Å². The van der Waals surface area contributed by atoms with Crippen LogP contribution in [0.1, 0.15) is 22.5 Å². The van der Waals surface area contributed by atoms with E-state index in [0.29, 0.717) is 11.6 Å². The van der Waals surface area contributed by atoms with Crippen molar-refractivity contribution in [3.63, 3.8) is 0 Å². The maximum Gasteiger partial charge on any atom is 0.273 e. The Morgan fingerprint density at radius 2 is 2.26 bits per heavy atom. The van der Waals surface area contributed by atoms with E-state index in [1.807, 2.05) is 24.3 Å². The molecule has 0 spiro atoms. The van der Waals surface area contributed by atoms with Crippen molar-refractivity contribution in [3.8, 4) is 0 Å². The van der Waals surface area contributed by atoms with E-state index in [0.717, 1.165) is 18.5 Å². The number of carbonyl (C=O) groups is 1. The molecule has 0 bridgehead atoms. The van der Waals surface area contributed by atoms with Crippen molar-refractivity contribution in [2.24, 2.45) is 7.05 Å². The number of aromatic nitrogens is 2. The lowest BCUT2D eigenvalue weighted by Crippen LogP contribution is -2.16. The zero-order chi connectivity index (χ0) is 13.7. The Hall–Kier alpha value is -1.81. The van der Waals surface area contributed by atoms with Crippen molar-refractivity contribution in [3.05, 3.63) is 47.8 Å². The number of hydrogen-bond donors (Lipinski definition) is 1. The second-order valence-corrected chi connectivity index (χ2v) is 4.67. The molecule has 0 unspecified atom stereocenters. The van der Waals surface area contributed by atoms with Crippen molar-refractivity contribution >= 4 is 23.2 Å². The molecular weight excluding hydrogens is 262 g/mol. The number of carbonyl (C=O) groups excluding carboxylic acids is 1. The maximum absolute atomic E-state index is 12.0. The number of nitrogens with one attached hydrogen (secondary N) is 1. The Morgan fingerprint density at radius 1 is 1.42 bits per heavy atom. The van der Waals surface area contributed by atoms with Crippen LogP contribution in [-0.4, -0.2) is 21.6 Å². The van der Waals surface area contributed by atoms with E-state index >= 15 is 0 Å². The fraction of sp³-hybridized carbons (Fsp3) is 0.286. The van der Waals surface area contributed by atoms with Gasteiger partial charge in [0.2, 0.25) is 0 Å². The van der Waals surface area contributed by atoms with Crippen LogP contribution in [0.25, 0.3) is 0 Å². The molecule has 0 aliphatic heterocycles. The average molecular weight is 278 g/mol. The maximum atomic E-state index is 12.0. The van der Waals surface area contributed by atoms with E-state index in [9.17, 15) is 4.79 Å². The smallest absolute Gasteiger partial charge is 0.273 e. The van der Waals surface area contributed by atoms with Crippen LogP contribution >= 0.6 is 11.6 Å². The SMILES string of the molecule is Cn1nccc1C(=O)Nc1cccc(CCCCl)c1. The standard InChI is InChI=1S/C14H16ClN3O/c1-18-13(7-9-16-18)14(19)17-12-6-2-4-11(10-12)5-3-8-15/h2,4,6-7,9-10H,3,5,8H2,1H3,(H,17,19). The van der Waals surface area contributed by atoms with E-state index in [4.69, 9.17) is 11.6 Å². The zero-order valence-electron chi connectivity index (χ0n) is 10.8. The largest absolute Gasteiger partial charge is 0.321 e. The predicted octanol–water partition coefficient (Wildman–Crippen LogP) is 2.84. The van der Waals surface area contributed by atoms with Gasteiger partial charge in [0.1, 0.15) is 5.69 Å². The molecule has 5 heteroatoms. The third kappa shape index (κ3) is 3.58. The molecule has 0 saturated heterocycles. The van der Waals surface area contributed by atoms with Gasteiger partial charge in [-0.05, 0) is 36.6 Å². The summed E-state index contributed by atoms with van der Waals surface area (Å²) in [6, 6.07) is 9.50. The average Bonchev–Trinajstić information content (AvgIpc) is 2.83. The Bertz CT molecular complexity index is 565. The first kappa shape index (κ1) is 13.6. The van der Waals surface area contributed by atoms with Crippen LogP contribution in [0.2, 0.25) is 0 Å². The summed E-state index contributed by atoms with van der Waals surface area (Å²) in [4.78, 5) is 12.0. The van der Waals surface area contributed by atoms with E-state index in [1.54, 1.807) is 24.0 Å². The molecule has 100 valence electrons. The van der Waals surface area contributed by atoms with Gasteiger partial charge in [0.05, 0.1) is 0 Å². The molecule has 4 nitrogen and oxygen atoms in total. The molecule has 1 aromatic carbocycles. The number of anilines is 1. The summed E-state index contributed by atoms with van der Waals surface area (Å²) in [5, 5.41) is 6.85. The van der Waals surface area contributed by atoms with Gasteiger partial charge in [-0.1, -0.05) is 12.1 Å². The van der Waals surface area contributed by atoms with Crippen LogP contribution in [0.3, 0.4) is 0 Å². The van der Waals surface area contributed by atoms with Gasteiger partial charge in [0.25, 0.3) is 5.91 Å². The summed E-state index contributed by atoms with van der Waals surface area (Å²) in [7, 11) is 1.74. The first-order chi connectivity index (χ1) is 9.20. The normalized spacial score (nSPS) is 10.4. The lowest BCUT2D eigenvalue weighted by atomic mass is 10.1. The van der Waals surface area contributed by atoms with Gasteiger partial charge < -0.3 is 5.32 Å². The van der Waals surface area contributed by atoms with Crippen LogP contribution in [0.5, 0.6) is 0 Å². The van der Waals surface area contributed by atoms with Crippen LogP contribution < -0.4 is 5.32 Å². The van der Waals surface area contributed by atoms with Crippen molar-refractivity contribution in [2.45, 2.75) is 12.8 Å². The molecule has 19 heavy (non-hydrogen) atoms. The molecule has 0 radical (unpaired) electrons. The summed E-state index contributed by atoms with van der Waals surface area (Å²) in [6.45, 7) is 0. The lowest BCUT2D eigenvalue weighted by Gasteiger charge is -2.07. The van der Waals surface area contributed by atoms with Crippen LogP contribution in [0.4, 0.5) is 5.69 Å². The fourth-order valence-corrected chi connectivity index (χ4v) is 2.00. The highest BCUT2D eigenvalue weighted by molar-refractivity contribution is 6.17. The summed E-state index contributed by atoms with van der Waals surface area (Å²) in [6.07, 6.45) is 3.45. The molecule has 0 aliphatic carbocycles. The third-order valence-electron chi connectivity index (χ3n) is 2.84. The van der Waals surface area contributed by atoms with Gasteiger partial charge in [0, 0.05) is 24.8 Å². The number of nitrogens with zero attached hydrogens (tertiary/aromatic N) is 2. The van der Waals surface area contributed by atoms with Gasteiger partial charge in [-0.15, -0.1) is 11.6 Å². The molecule has 1 N–H and O–H groups in total. The van der Waals surface area contributed by atoms with E-state index in [2.05, 4.69) is 10.4 Å². The monoisotopic (exact) mass is 277 g/mol. The molecule has 0 aliphatic rings. The van der Waals surface area contributed by atoms with Crippen molar-refractivity contribution < 1.29 is 4.79 Å². The molecule has 2 rings (SSSR count). The summed E-state index contributed by atoms with van der Waals surface area (Å²) >= 11 is 5.68. The zero-order valence-corrected chi connectivity index (χ0v) is 11.5. The Balaban J connectivity index is 2.07. The van der Waals surface area contributed by atoms with E-state index in [1.165, 1.54) is 5.56 Å². The number of alkyl halides is 1. The molecule has 1 heterocycles. The minimum atomic E-state index is -0.158. The molecular formula is C14H16ClN3O. The first-order valence-corrected chi connectivity index (χ1v) is 6.68. The molecule has 0 fully saturated rings. The predicted molar refractivity (Wildman–Crippen MR) is 76.6 cm³/mol. The van der Waals surface area contributed by atoms with Crippen LogP contribution in [-0.2, 0) is 13.5 Å². The van der Waals surface area contributed by atoms with Crippen LogP contribution in [0, 0.1) is 0 Å². The molecule has 0 saturated carbocycles. The number of rotatable bonds is 5. The van der Waals surface area contributed by atoms with E-state index in [-0.39, 0.29) is 5.91 Å². The van der Waals surface area contributed by atoms with Gasteiger partial charge in [-0.2, -0.15) is 5.10 Å². The van der Waals surface area contributed by atoms with Gasteiger partial charge in [-0.3, -0.25) is 9.48 Å². The molecule has 1 amide bonds. The Kier molecular flexibility index (Phi) is 4.58. The fourth-order valence-electron chi connectivity index (χ4n) is 1.87. The van der Waals surface area contributed by atoms with Crippen molar-refractivity contribution in [1.82, 2.24) is 9.78 Å². The second kappa shape index (κ2) is 6.38. The van der Waals surface area contributed by atoms with E-state index < -0.39 is 0 Å². The van der Waals surface area contributed by atoms with Crippen molar-refractivity contribution in [1.29, 1.82) is 0 Å². The lowest BCUT2D eigenvalue weighted by molar-refractivity contribution is 0.101. The minimum absolute atomic E-state index is 0.158. The highest BCUT2D eigenvalue weighted by Crippen LogP contribution is 2.13. The highest BCUT2D eigenvalue weighted by atomic mass is 35.5. The number of aryl methyl sites for hydroxylation is 2. The number of hydrogen-bond acceptors (Lipinski definition) is 2. The first-order valence-electron chi connectivity index (χ1n) is 6.15. The minimum Gasteiger partial charge on any atom is -0.321 e. The number of benzene rings is 1. The topological polar surface area (TPSA) is 46.9 Å². The summed E-state index contributed by atoms with van der Waals surface area (Å²) < 4.78 is 1.55. The summed E-state index contributed by atoms with van der Waals surface area (Å²) in [5.74, 6) is 0.487. The second-order valence-electron chi connectivity index (χ2n) is 4.29. The van der Waals surface area contributed by atoms with Crippen molar-refractivity contribution in [2.75, 3.05) is 11.2 Å². The third-order valence-corrected chi connectivity index (χ3v) is 3.10. The molecule has 1 aromatic heterocycles. The highest BCUT2D eigenvalue weighted by Gasteiger charge is 2.09. The summed E-state index contributed by atoms with van der Waals surface area (Å²) in [5.41, 5.74) is 2.49. The molecule has 0 atom stereocenters. The Morgan fingerprint density at radius 3 is 2.95 bits per heavy atom. The number of halogens is 1. The molecule has 2 aromatic rings. The quantitative estimate of drug-likeness (QED) is 0.854.